The molecule has 0 saturated carbocycles. The van der Waals surface area contributed by atoms with Crippen LogP contribution in [-0.2, 0) is 15.3 Å². The largest absolute Gasteiger partial charge is 0.452 e. The quantitative estimate of drug-likeness (QED) is 0.439. The Morgan fingerprint density at radius 3 is 2.13 bits per heavy atom. The number of carbonyl (C=O) groups excluding carboxylic acids is 2. The van der Waals surface area contributed by atoms with Crippen molar-refractivity contribution in [1.29, 1.82) is 10.5 Å². The Morgan fingerprint density at radius 1 is 0.871 bits per heavy atom. The molecule has 3 aromatic carbocycles. The Hall–Kier alpha value is -4.07. The van der Waals surface area contributed by atoms with Crippen molar-refractivity contribution in [3.8, 4) is 12.1 Å². The normalized spacial score (nSPS) is 9.87. The molecular formula is C24H17N3O3S. The molecule has 3 aromatic rings. The maximum absolute atomic E-state index is 12.5. The predicted octanol–water partition coefficient (Wildman–Crippen LogP) is 4.52. The maximum Gasteiger partial charge on any atom is 0.339 e. The molecule has 1 N–H and O–H groups in total. The van der Waals surface area contributed by atoms with Crippen LogP contribution in [-0.4, -0.2) is 18.5 Å². The number of esters is 1. The molecule has 0 saturated heterocycles. The topological polar surface area (TPSA) is 103 Å². The summed E-state index contributed by atoms with van der Waals surface area (Å²) in [5.41, 5.74) is 3.00. The molecule has 0 atom stereocenters. The molecule has 0 aliphatic carbocycles. The SMILES string of the molecule is N#Cc1ccc(CSc2ccccc2C(=O)OCC(=O)Nc2ccc(C#N)cc2)cc1. The lowest BCUT2D eigenvalue weighted by Crippen LogP contribution is -2.21. The summed E-state index contributed by atoms with van der Waals surface area (Å²) in [6.45, 7) is -0.423. The van der Waals surface area contributed by atoms with Crippen molar-refractivity contribution in [2.75, 3.05) is 11.9 Å². The first-order valence-corrected chi connectivity index (χ1v) is 10.3. The third-order valence-corrected chi connectivity index (χ3v) is 5.36. The van der Waals surface area contributed by atoms with E-state index in [4.69, 9.17) is 15.3 Å². The summed E-state index contributed by atoms with van der Waals surface area (Å²) >= 11 is 1.47. The van der Waals surface area contributed by atoms with E-state index in [0.717, 1.165) is 10.5 Å². The van der Waals surface area contributed by atoms with Crippen molar-refractivity contribution in [3.05, 3.63) is 95.1 Å². The standard InChI is InChI=1S/C24H17N3O3S/c25-13-17-5-7-19(8-6-17)16-31-22-4-2-1-3-21(22)24(29)30-15-23(28)27-20-11-9-18(14-26)10-12-20/h1-12H,15-16H2,(H,27,28). The number of ether oxygens (including phenoxy) is 1. The second-order valence-electron chi connectivity index (χ2n) is 6.41. The van der Waals surface area contributed by atoms with Gasteiger partial charge in [0.2, 0.25) is 0 Å². The summed E-state index contributed by atoms with van der Waals surface area (Å²) in [6.07, 6.45) is 0. The number of anilines is 1. The van der Waals surface area contributed by atoms with Crippen molar-refractivity contribution >= 4 is 29.3 Å². The molecule has 31 heavy (non-hydrogen) atoms. The van der Waals surface area contributed by atoms with Gasteiger partial charge in [-0.05, 0) is 54.1 Å². The minimum absolute atomic E-state index is 0.382. The number of amides is 1. The Labute approximate surface area is 184 Å². The highest BCUT2D eigenvalue weighted by atomic mass is 32.2. The van der Waals surface area contributed by atoms with E-state index in [2.05, 4.69) is 11.4 Å². The van der Waals surface area contributed by atoms with Gasteiger partial charge in [0.15, 0.2) is 6.61 Å². The molecule has 0 aliphatic heterocycles. The number of nitrogens with one attached hydrogen (secondary N) is 1. The molecule has 0 heterocycles. The average Bonchev–Trinajstić information content (AvgIpc) is 2.82. The van der Waals surface area contributed by atoms with Gasteiger partial charge >= 0.3 is 5.97 Å². The predicted molar refractivity (Wildman–Crippen MR) is 117 cm³/mol. The van der Waals surface area contributed by atoms with Crippen LogP contribution in [0.2, 0.25) is 0 Å². The molecule has 1 amide bonds. The smallest absolute Gasteiger partial charge is 0.339 e. The first-order chi connectivity index (χ1) is 15.1. The monoisotopic (exact) mass is 427 g/mol. The van der Waals surface area contributed by atoms with Crippen molar-refractivity contribution in [2.45, 2.75) is 10.6 Å². The highest BCUT2D eigenvalue weighted by Gasteiger charge is 2.15. The summed E-state index contributed by atoms with van der Waals surface area (Å²) in [7, 11) is 0. The van der Waals surface area contributed by atoms with Gasteiger partial charge in [-0.1, -0.05) is 24.3 Å². The molecule has 7 heteroatoms. The molecule has 0 radical (unpaired) electrons. The lowest BCUT2D eigenvalue weighted by molar-refractivity contribution is -0.119. The van der Waals surface area contributed by atoms with E-state index in [1.165, 1.54) is 11.8 Å². The Bertz CT molecular complexity index is 1160. The van der Waals surface area contributed by atoms with Crippen molar-refractivity contribution in [2.24, 2.45) is 0 Å². The highest BCUT2D eigenvalue weighted by molar-refractivity contribution is 7.98. The fourth-order valence-electron chi connectivity index (χ4n) is 2.63. The van der Waals surface area contributed by atoms with Gasteiger partial charge in [-0.3, -0.25) is 4.79 Å². The van der Waals surface area contributed by atoms with Crippen LogP contribution in [0.3, 0.4) is 0 Å². The van der Waals surface area contributed by atoms with E-state index in [1.807, 2.05) is 30.3 Å². The van der Waals surface area contributed by atoms with E-state index in [1.54, 1.807) is 48.5 Å². The molecule has 0 spiro atoms. The number of benzene rings is 3. The zero-order valence-electron chi connectivity index (χ0n) is 16.4. The van der Waals surface area contributed by atoms with Crippen LogP contribution in [0.25, 0.3) is 0 Å². The van der Waals surface area contributed by atoms with Crippen molar-refractivity contribution in [3.63, 3.8) is 0 Å². The second kappa shape index (κ2) is 10.6. The zero-order valence-corrected chi connectivity index (χ0v) is 17.2. The van der Waals surface area contributed by atoms with Gasteiger partial charge < -0.3 is 10.1 Å². The highest BCUT2D eigenvalue weighted by Crippen LogP contribution is 2.27. The maximum atomic E-state index is 12.5. The number of nitrogens with zero attached hydrogens (tertiary/aromatic N) is 2. The summed E-state index contributed by atoms with van der Waals surface area (Å²) in [5.74, 6) is -0.437. The Balaban J connectivity index is 1.56. The fraction of sp³-hybridized carbons (Fsp3) is 0.0833. The number of carbonyl (C=O) groups is 2. The van der Waals surface area contributed by atoms with Gasteiger partial charge in [0.1, 0.15) is 0 Å². The minimum Gasteiger partial charge on any atom is -0.452 e. The lowest BCUT2D eigenvalue weighted by Gasteiger charge is -2.10. The van der Waals surface area contributed by atoms with E-state index >= 15 is 0 Å². The number of nitriles is 2. The summed E-state index contributed by atoms with van der Waals surface area (Å²) in [4.78, 5) is 25.3. The number of rotatable bonds is 7. The summed E-state index contributed by atoms with van der Waals surface area (Å²) < 4.78 is 5.18. The van der Waals surface area contributed by atoms with Crippen LogP contribution >= 0.6 is 11.8 Å². The molecule has 3 rings (SSSR count). The molecule has 0 aliphatic rings. The number of thioether (sulfide) groups is 1. The van der Waals surface area contributed by atoms with E-state index in [-0.39, 0.29) is 0 Å². The van der Waals surface area contributed by atoms with Crippen molar-refractivity contribution < 1.29 is 14.3 Å². The van der Waals surface area contributed by atoms with Gasteiger partial charge in [-0.25, -0.2) is 4.79 Å². The van der Waals surface area contributed by atoms with Gasteiger partial charge in [-0.2, -0.15) is 10.5 Å². The van der Waals surface area contributed by atoms with Crippen molar-refractivity contribution in [1.82, 2.24) is 0 Å². The second-order valence-corrected chi connectivity index (χ2v) is 7.42. The van der Waals surface area contributed by atoms with Crippen LogP contribution in [0.5, 0.6) is 0 Å². The van der Waals surface area contributed by atoms with E-state index in [0.29, 0.717) is 28.1 Å². The lowest BCUT2D eigenvalue weighted by atomic mass is 10.2. The van der Waals surface area contributed by atoms with Crippen LogP contribution in [0, 0.1) is 22.7 Å². The molecule has 0 bridgehead atoms. The van der Waals surface area contributed by atoms with Crippen LogP contribution < -0.4 is 5.32 Å². The first kappa shape index (κ1) is 21.6. The molecule has 0 unspecified atom stereocenters. The van der Waals surface area contributed by atoms with Gasteiger partial charge in [0.25, 0.3) is 5.91 Å². The summed E-state index contributed by atoms with van der Waals surface area (Å²) in [5, 5.41) is 20.3. The summed E-state index contributed by atoms with van der Waals surface area (Å²) in [6, 6.07) is 24.8. The molecule has 0 fully saturated rings. The third-order valence-electron chi connectivity index (χ3n) is 4.22. The molecule has 152 valence electrons. The Morgan fingerprint density at radius 2 is 1.48 bits per heavy atom. The first-order valence-electron chi connectivity index (χ1n) is 9.27. The number of hydrogen-bond acceptors (Lipinski definition) is 6. The molecular weight excluding hydrogens is 410 g/mol. The average molecular weight is 427 g/mol. The third kappa shape index (κ3) is 6.20. The van der Waals surface area contributed by atoms with Crippen LogP contribution in [0.15, 0.2) is 77.7 Å². The van der Waals surface area contributed by atoms with Gasteiger partial charge in [-0.15, -0.1) is 11.8 Å². The van der Waals surface area contributed by atoms with E-state index < -0.39 is 18.5 Å². The Kier molecular flexibility index (Phi) is 7.42. The van der Waals surface area contributed by atoms with Crippen LogP contribution in [0.4, 0.5) is 5.69 Å². The fourth-order valence-corrected chi connectivity index (χ4v) is 3.63. The molecule has 6 nitrogen and oxygen atoms in total. The van der Waals surface area contributed by atoms with Gasteiger partial charge in [0.05, 0.1) is 28.8 Å². The molecule has 0 aromatic heterocycles. The zero-order chi connectivity index (χ0) is 22.1. The minimum atomic E-state index is -0.585. The van der Waals surface area contributed by atoms with Gasteiger partial charge in [0, 0.05) is 16.3 Å². The number of hydrogen-bond donors (Lipinski definition) is 1. The van der Waals surface area contributed by atoms with Crippen LogP contribution in [0.1, 0.15) is 27.0 Å². The van der Waals surface area contributed by atoms with E-state index in [9.17, 15) is 9.59 Å².